The lowest BCUT2D eigenvalue weighted by Gasteiger charge is -2.16. The Morgan fingerprint density at radius 1 is 1.24 bits per heavy atom. The third kappa shape index (κ3) is 3.73. The van der Waals surface area contributed by atoms with E-state index in [9.17, 15) is 5.11 Å². The average molecular weight is 251 g/mol. The molecule has 0 amide bonds. The molecule has 1 unspecified atom stereocenters. The summed E-state index contributed by atoms with van der Waals surface area (Å²) in [5.41, 5.74) is 8.45. The molecule has 1 aliphatic carbocycles. The molecule has 94 valence electrons. The van der Waals surface area contributed by atoms with Crippen LogP contribution in [0.5, 0.6) is 0 Å². The number of fused-ring (bicyclic) bond motifs is 1. The van der Waals surface area contributed by atoms with Gasteiger partial charge in [0.15, 0.2) is 0 Å². The third-order valence-electron chi connectivity index (χ3n) is 3.26. The second-order valence-electron chi connectivity index (χ2n) is 4.68. The molecule has 1 aromatic carbocycles. The third-order valence-corrected chi connectivity index (χ3v) is 4.40. The number of hydrogen-bond donors (Lipinski definition) is 2. The number of hydrogen-bond acceptors (Lipinski definition) is 3. The second-order valence-corrected chi connectivity index (χ2v) is 5.77. The van der Waals surface area contributed by atoms with Crippen LogP contribution < -0.4 is 5.73 Å². The Morgan fingerprint density at radius 2 is 2.00 bits per heavy atom. The highest BCUT2D eigenvalue weighted by Gasteiger charge is 2.10. The topological polar surface area (TPSA) is 46.2 Å². The minimum atomic E-state index is -0.277. The van der Waals surface area contributed by atoms with E-state index in [1.165, 1.54) is 41.7 Å². The highest BCUT2D eigenvalue weighted by Crippen LogP contribution is 2.27. The van der Waals surface area contributed by atoms with E-state index < -0.39 is 0 Å². The molecule has 0 spiro atoms. The first-order valence-electron chi connectivity index (χ1n) is 6.42. The van der Waals surface area contributed by atoms with Gasteiger partial charge >= 0.3 is 0 Å². The van der Waals surface area contributed by atoms with Gasteiger partial charge in [-0.1, -0.05) is 6.07 Å². The van der Waals surface area contributed by atoms with Crippen molar-refractivity contribution in [1.29, 1.82) is 0 Å². The van der Waals surface area contributed by atoms with Crippen LogP contribution in [0.25, 0.3) is 0 Å². The van der Waals surface area contributed by atoms with Crippen molar-refractivity contribution in [3.05, 3.63) is 29.3 Å². The highest BCUT2D eigenvalue weighted by atomic mass is 32.2. The summed E-state index contributed by atoms with van der Waals surface area (Å²) in [6.45, 7) is 0.561. The van der Waals surface area contributed by atoms with Gasteiger partial charge in [-0.25, -0.2) is 0 Å². The van der Waals surface area contributed by atoms with Crippen LogP contribution in [-0.4, -0.2) is 23.5 Å². The molecule has 0 saturated heterocycles. The smallest absolute Gasteiger partial charge is 0.0646 e. The molecule has 0 saturated carbocycles. The predicted octanol–water partition coefficient (Wildman–Crippen LogP) is 2.37. The standard InChI is InChI=1S/C14H21NOS/c15-8-7-13(16)10-17-14-6-5-11-3-1-2-4-12(11)9-14/h5-6,9,13,16H,1-4,7-8,10,15H2. The van der Waals surface area contributed by atoms with Crippen LogP contribution in [-0.2, 0) is 12.8 Å². The number of thioether (sulfide) groups is 1. The summed E-state index contributed by atoms with van der Waals surface area (Å²) in [5.74, 6) is 0.746. The van der Waals surface area contributed by atoms with Gasteiger partial charge in [0.2, 0.25) is 0 Å². The summed E-state index contributed by atoms with van der Waals surface area (Å²) < 4.78 is 0. The maximum atomic E-state index is 9.65. The monoisotopic (exact) mass is 251 g/mol. The van der Waals surface area contributed by atoms with Gasteiger partial charge in [-0.3, -0.25) is 0 Å². The Labute approximate surface area is 108 Å². The molecule has 1 aliphatic rings. The molecule has 3 N–H and O–H groups in total. The number of aliphatic hydroxyl groups excluding tert-OH is 1. The first-order chi connectivity index (χ1) is 8.29. The molecule has 0 aliphatic heterocycles. The molecule has 0 radical (unpaired) electrons. The summed E-state index contributed by atoms with van der Waals surface area (Å²) in [7, 11) is 0. The molecule has 0 bridgehead atoms. The van der Waals surface area contributed by atoms with Crippen molar-refractivity contribution >= 4 is 11.8 Å². The van der Waals surface area contributed by atoms with Crippen molar-refractivity contribution in [1.82, 2.24) is 0 Å². The van der Waals surface area contributed by atoms with E-state index >= 15 is 0 Å². The van der Waals surface area contributed by atoms with Gasteiger partial charge in [-0.05, 0) is 61.9 Å². The molecule has 0 heterocycles. The number of aryl methyl sites for hydroxylation is 2. The molecular weight excluding hydrogens is 230 g/mol. The van der Waals surface area contributed by atoms with Gasteiger partial charge in [-0.15, -0.1) is 11.8 Å². The molecule has 1 aromatic rings. The SMILES string of the molecule is NCCC(O)CSc1ccc2c(c1)CCCC2. The molecule has 0 aromatic heterocycles. The van der Waals surface area contributed by atoms with E-state index in [0.29, 0.717) is 13.0 Å². The minimum Gasteiger partial charge on any atom is -0.392 e. The Kier molecular flexibility index (Phi) is 4.89. The van der Waals surface area contributed by atoms with Gasteiger partial charge in [0.1, 0.15) is 0 Å². The molecule has 2 nitrogen and oxygen atoms in total. The molecular formula is C14H21NOS. The normalized spacial score (nSPS) is 16.6. The van der Waals surface area contributed by atoms with Crippen LogP contribution in [0, 0.1) is 0 Å². The van der Waals surface area contributed by atoms with Crippen LogP contribution in [0.2, 0.25) is 0 Å². The summed E-state index contributed by atoms with van der Waals surface area (Å²) >= 11 is 1.74. The van der Waals surface area contributed by atoms with Crippen LogP contribution in [0.4, 0.5) is 0 Å². The van der Waals surface area contributed by atoms with Crippen LogP contribution in [0.3, 0.4) is 0 Å². The summed E-state index contributed by atoms with van der Waals surface area (Å²) in [6, 6.07) is 6.74. The number of aliphatic hydroxyl groups is 1. The number of rotatable bonds is 5. The van der Waals surface area contributed by atoms with E-state index in [4.69, 9.17) is 5.73 Å². The van der Waals surface area contributed by atoms with Crippen molar-refractivity contribution in [3.63, 3.8) is 0 Å². The number of benzene rings is 1. The quantitative estimate of drug-likeness (QED) is 0.790. The lowest BCUT2D eigenvalue weighted by atomic mass is 9.92. The lowest BCUT2D eigenvalue weighted by Crippen LogP contribution is -2.15. The Hall–Kier alpha value is -0.510. The van der Waals surface area contributed by atoms with Crippen molar-refractivity contribution < 1.29 is 5.11 Å². The largest absolute Gasteiger partial charge is 0.392 e. The minimum absolute atomic E-state index is 0.277. The van der Waals surface area contributed by atoms with E-state index in [2.05, 4.69) is 18.2 Å². The Bertz CT molecular complexity index is 367. The van der Waals surface area contributed by atoms with Crippen molar-refractivity contribution in [2.75, 3.05) is 12.3 Å². The van der Waals surface area contributed by atoms with Crippen LogP contribution >= 0.6 is 11.8 Å². The zero-order chi connectivity index (χ0) is 12.1. The van der Waals surface area contributed by atoms with Crippen LogP contribution in [0.1, 0.15) is 30.4 Å². The zero-order valence-electron chi connectivity index (χ0n) is 10.2. The van der Waals surface area contributed by atoms with Gasteiger partial charge in [0.25, 0.3) is 0 Å². The van der Waals surface area contributed by atoms with Crippen molar-refractivity contribution in [2.24, 2.45) is 5.73 Å². The molecule has 0 fully saturated rings. The first kappa shape index (κ1) is 12.9. The second kappa shape index (κ2) is 6.43. The Morgan fingerprint density at radius 3 is 2.76 bits per heavy atom. The maximum Gasteiger partial charge on any atom is 0.0646 e. The summed E-state index contributed by atoms with van der Waals surface area (Å²) in [5, 5.41) is 9.65. The van der Waals surface area contributed by atoms with E-state index in [1.807, 2.05) is 0 Å². The van der Waals surface area contributed by atoms with Crippen LogP contribution in [0.15, 0.2) is 23.1 Å². The van der Waals surface area contributed by atoms with Gasteiger partial charge in [0, 0.05) is 10.6 Å². The first-order valence-corrected chi connectivity index (χ1v) is 7.41. The molecule has 1 atom stereocenters. The van der Waals surface area contributed by atoms with E-state index in [-0.39, 0.29) is 6.10 Å². The van der Waals surface area contributed by atoms with Gasteiger partial charge in [-0.2, -0.15) is 0 Å². The van der Waals surface area contributed by atoms with Crippen molar-refractivity contribution in [3.8, 4) is 0 Å². The number of nitrogens with two attached hydrogens (primary N) is 1. The maximum absolute atomic E-state index is 9.65. The highest BCUT2D eigenvalue weighted by molar-refractivity contribution is 7.99. The summed E-state index contributed by atoms with van der Waals surface area (Å²) in [6.07, 6.45) is 5.51. The molecule has 17 heavy (non-hydrogen) atoms. The van der Waals surface area contributed by atoms with E-state index in [1.54, 1.807) is 11.8 Å². The molecule has 2 rings (SSSR count). The molecule has 3 heteroatoms. The fourth-order valence-corrected chi connectivity index (χ4v) is 3.21. The van der Waals surface area contributed by atoms with Gasteiger partial charge in [0.05, 0.1) is 6.10 Å². The fraction of sp³-hybridized carbons (Fsp3) is 0.571. The zero-order valence-corrected chi connectivity index (χ0v) is 11.0. The Balaban J connectivity index is 1.93. The predicted molar refractivity (Wildman–Crippen MR) is 73.5 cm³/mol. The summed E-state index contributed by atoms with van der Waals surface area (Å²) in [4.78, 5) is 1.28. The van der Waals surface area contributed by atoms with E-state index in [0.717, 1.165) is 5.75 Å². The average Bonchev–Trinajstić information content (AvgIpc) is 2.36. The lowest BCUT2D eigenvalue weighted by molar-refractivity contribution is 0.192. The van der Waals surface area contributed by atoms with Gasteiger partial charge < -0.3 is 10.8 Å². The van der Waals surface area contributed by atoms with Crippen molar-refractivity contribution in [2.45, 2.75) is 43.1 Å². The fourth-order valence-electron chi connectivity index (χ4n) is 2.27.